The lowest BCUT2D eigenvalue weighted by Crippen LogP contribution is -2.40. The van der Waals surface area contributed by atoms with Gasteiger partial charge in [-0.25, -0.2) is 9.78 Å². The molecule has 0 aliphatic rings. The Morgan fingerprint density at radius 2 is 1.93 bits per heavy atom. The molecule has 0 unspecified atom stereocenters. The minimum absolute atomic E-state index is 0.263. The van der Waals surface area contributed by atoms with E-state index in [2.05, 4.69) is 29.0 Å². The third kappa shape index (κ3) is 4.65. The highest BCUT2D eigenvalue weighted by atomic mass is 16.2. The number of rotatable bonds is 10. The smallest absolute Gasteiger partial charge is 0.324 e. The molecule has 0 saturated heterocycles. The van der Waals surface area contributed by atoms with Crippen LogP contribution in [0.1, 0.15) is 51.6 Å². The molecule has 3 aromatic rings. The van der Waals surface area contributed by atoms with Gasteiger partial charge in [0.05, 0.1) is 18.2 Å². The van der Waals surface area contributed by atoms with Gasteiger partial charge in [-0.05, 0) is 25.2 Å². The molecule has 158 valence electrons. The summed E-state index contributed by atoms with van der Waals surface area (Å²) in [6.07, 6.45) is 9.42. The lowest BCUT2D eigenvalue weighted by molar-refractivity contribution is 0.434. The lowest BCUT2D eigenvalue weighted by Gasteiger charge is -2.13. The second-order valence-electron chi connectivity index (χ2n) is 7.90. The fourth-order valence-corrected chi connectivity index (χ4v) is 3.75. The second-order valence-corrected chi connectivity index (χ2v) is 7.90. The van der Waals surface area contributed by atoms with Gasteiger partial charge in [-0.3, -0.25) is 13.9 Å². The van der Waals surface area contributed by atoms with Crippen molar-refractivity contribution in [1.82, 2.24) is 33.7 Å². The first kappa shape index (κ1) is 21.0. The largest absolute Gasteiger partial charge is 0.332 e. The third-order valence-electron chi connectivity index (χ3n) is 5.37. The number of nitrogens with zero attached hydrogens (tertiary/aromatic N) is 7. The van der Waals surface area contributed by atoms with E-state index in [4.69, 9.17) is 0 Å². The topological polar surface area (TPSA) is 92.5 Å². The van der Waals surface area contributed by atoms with Crippen molar-refractivity contribution in [3.63, 3.8) is 0 Å². The summed E-state index contributed by atoms with van der Waals surface area (Å²) < 4.78 is 4.70. The van der Waals surface area contributed by atoms with Crippen LogP contribution in [0.4, 0.5) is 0 Å². The molecule has 9 heteroatoms. The highest BCUT2D eigenvalue weighted by molar-refractivity contribution is 5.69. The fourth-order valence-electron chi connectivity index (χ4n) is 3.75. The van der Waals surface area contributed by atoms with E-state index in [0.717, 1.165) is 18.7 Å². The summed E-state index contributed by atoms with van der Waals surface area (Å²) in [6, 6.07) is 0. The van der Waals surface area contributed by atoms with Crippen LogP contribution in [0.25, 0.3) is 11.2 Å². The van der Waals surface area contributed by atoms with Gasteiger partial charge in [0.2, 0.25) is 0 Å². The van der Waals surface area contributed by atoms with Gasteiger partial charge >= 0.3 is 5.69 Å². The van der Waals surface area contributed by atoms with Crippen molar-refractivity contribution in [3.05, 3.63) is 39.1 Å². The molecule has 0 N–H and O–H groups in total. The van der Waals surface area contributed by atoms with Gasteiger partial charge in [-0.2, -0.15) is 15.0 Å². The average Bonchev–Trinajstić information content (AvgIpc) is 3.29. The molecule has 0 spiro atoms. The van der Waals surface area contributed by atoms with Crippen molar-refractivity contribution in [1.29, 1.82) is 0 Å². The highest BCUT2D eigenvalue weighted by Crippen LogP contribution is 2.14. The van der Waals surface area contributed by atoms with Crippen LogP contribution in [0.15, 0.2) is 22.1 Å². The van der Waals surface area contributed by atoms with E-state index in [-0.39, 0.29) is 11.2 Å². The Kier molecular flexibility index (Phi) is 6.66. The van der Waals surface area contributed by atoms with Crippen LogP contribution in [-0.2, 0) is 33.6 Å². The molecule has 0 aliphatic carbocycles. The zero-order chi connectivity index (χ0) is 21.0. The van der Waals surface area contributed by atoms with Crippen molar-refractivity contribution >= 4 is 11.2 Å². The molecule has 0 aliphatic heterocycles. The van der Waals surface area contributed by atoms with Gasteiger partial charge < -0.3 is 4.57 Å². The van der Waals surface area contributed by atoms with Crippen molar-refractivity contribution in [2.75, 3.05) is 0 Å². The SMILES string of the molecule is CCCCC[C@@H](C)Cn1cnc2c1c(=O)n(CCCc1cnn(C)n1)c(=O)n2C. The van der Waals surface area contributed by atoms with Crippen LogP contribution in [-0.4, -0.2) is 33.7 Å². The van der Waals surface area contributed by atoms with Gasteiger partial charge in [0.1, 0.15) is 0 Å². The first-order chi connectivity index (χ1) is 13.9. The van der Waals surface area contributed by atoms with E-state index in [1.54, 1.807) is 26.6 Å². The second kappa shape index (κ2) is 9.19. The summed E-state index contributed by atoms with van der Waals surface area (Å²) in [5, 5.41) is 8.29. The predicted octanol–water partition coefficient (Wildman–Crippen LogP) is 1.87. The molecule has 3 heterocycles. The van der Waals surface area contributed by atoms with Gasteiger partial charge in [-0.1, -0.05) is 33.1 Å². The number of hydrogen-bond acceptors (Lipinski definition) is 5. The number of hydrogen-bond donors (Lipinski definition) is 0. The summed E-state index contributed by atoms with van der Waals surface area (Å²) in [7, 11) is 3.44. The van der Waals surface area contributed by atoms with Crippen molar-refractivity contribution in [2.24, 2.45) is 20.0 Å². The van der Waals surface area contributed by atoms with Gasteiger partial charge in [0.25, 0.3) is 5.56 Å². The molecule has 3 rings (SSSR count). The molecule has 0 amide bonds. The third-order valence-corrected chi connectivity index (χ3v) is 5.37. The van der Waals surface area contributed by atoms with Crippen molar-refractivity contribution in [2.45, 2.75) is 65.5 Å². The zero-order valence-corrected chi connectivity index (χ0v) is 17.8. The number of fused-ring (bicyclic) bond motifs is 1. The molecule has 9 nitrogen and oxygen atoms in total. The number of aromatic nitrogens is 7. The number of unbranched alkanes of at least 4 members (excludes halogenated alkanes) is 2. The Morgan fingerprint density at radius 3 is 2.62 bits per heavy atom. The first-order valence-corrected chi connectivity index (χ1v) is 10.4. The van der Waals surface area contributed by atoms with Crippen LogP contribution in [0.5, 0.6) is 0 Å². The van der Waals surface area contributed by atoms with Crippen molar-refractivity contribution in [3.8, 4) is 0 Å². The first-order valence-electron chi connectivity index (χ1n) is 10.4. The molecule has 29 heavy (non-hydrogen) atoms. The monoisotopic (exact) mass is 401 g/mol. The minimum Gasteiger partial charge on any atom is -0.324 e. The summed E-state index contributed by atoms with van der Waals surface area (Å²) >= 11 is 0. The Balaban J connectivity index is 1.82. The predicted molar refractivity (Wildman–Crippen MR) is 112 cm³/mol. The van der Waals surface area contributed by atoms with E-state index in [1.807, 2.05) is 4.57 Å². The molecule has 1 atom stereocenters. The normalized spacial score (nSPS) is 12.7. The molecular weight excluding hydrogens is 370 g/mol. The lowest BCUT2D eigenvalue weighted by atomic mass is 10.0. The molecular formula is C20H31N7O2. The van der Waals surface area contributed by atoms with Crippen molar-refractivity contribution < 1.29 is 0 Å². The molecule has 0 fully saturated rings. The Hall–Kier alpha value is -2.71. The van der Waals surface area contributed by atoms with Crippen LogP contribution in [0, 0.1) is 5.92 Å². The number of aryl methyl sites for hydroxylation is 3. The van der Waals surface area contributed by atoms with E-state index in [1.165, 1.54) is 33.2 Å². The van der Waals surface area contributed by atoms with Crippen LogP contribution in [0.3, 0.4) is 0 Å². The summed E-state index contributed by atoms with van der Waals surface area (Å²) in [5.41, 5.74) is 1.22. The maximum absolute atomic E-state index is 13.1. The molecule has 0 saturated carbocycles. The van der Waals surface area contributed by atoms with Gasteiger partial charge in [-0.15, -0.1) is 0 Å². The molecule has 0 radical (unpaired) electrons. The van der Waals surface area contributed by atoms with Crippen LogP contribution < -0.4 is 11.2 Å². The molecule has 0 aromatic carbocycles. The Labute approximate surface area is 170 Å². The van der Waals surface area contributed by atoms with E-state index >= 15 is 0 Å². The standard InChI is InChI=1S/C20H31N7O2/c1-5-6-7-9-15(2)13-26-14-21-18-17(26)19(28)27(20(29)24(18)3)11-8-10-16-12-22-25(4)23-16/h12,14-15H,5-11,13H2,1-4H3/t15-/m1/s1. The van der Waals surface area contributed by atoms with Crippen LogP contribution in [0.2, 0.25) is 0 Å². The maximum Gasteiger partial charge on any atom is 0.332 e. The zero-order valence-electron chi connectivity index (χ0n) is 17.8. The maximum atomic E-state index is 13.1. The van der Waals surface area contributed by atoms with E-state index < -0.39 is 0 Å². The van der Waals surface area contributed by atoms with E-state index in [9.17, 15) is 9.59 Å². The van der Waals surface area contributed by atoms with Gasteiger partial charge in [0.15, 0.2) is 11.2 Å². The Morgan fingerprint density at radius 1 is 1.14 bits per heavy atom. The summed E-state index contributed by atoms with van der Waals surface area (Å²) in [6.45, 7) is 5.47. The minimum atomic E-state index is -0.331. The highest BCUT2D eigenvalue weighted by Gasteiger charge is 2.17. The summed E-state index contributed by atoms with van der Waals surface area (Å²) in [4.78, 5) is 31.7. The number of imidazole rings is 1. The van der Waals surface area contributed by atoms with Crippen LogP contribution >= 0.6 is 0 Å². The molecule has 0 bridgehead atoms. The quantitative estimate of drug-likeness (QED) is 0.484. The molecule has 3 aromatic heterocycles. The van der Waals surface area contributed by atoms with Gasteiger partial charge in [0, 0.05) is 27.2 Å². The van der Waals surface area contributed by atoms with E-state index in [0.29, 0.717) is 36.5 Å². The Bertz CT molecular complexity index is 1070. The fraction of sp³-hybridized carbons (Fsp3) is 0.650. The summed E-state index contributed by atoms with van der Waals surface area (Å²) in [5.74, 6) is 0.445. The average molecular weight is 402 g/mol.